The first-order valence-electron chi connectivity index (χ1n) is 8.78. The van der Waals surface area contributed by atoms with E-state index in [-0.39, 0.29) is 6.54 Å². The molecular weight excluding hydrogens is 424 g/mol. The van der Waals surface area contributed by atoms with Crippen LogP contribution in [0.15, 0.2) is 57.5 Å². The van der Waals surface area contributed by atoms with Gasteiger partial charge in [0, 0.05) is 28.8 Å². The number of rotatable bonds is 4. The minimum atomic E-state index is -0.571. The molecule has 1 aromatic heterocycles. The van der Waals surface area contributed by atoms with Crippen LogP contribution >= 0.6 is 15.9 Å². The largest absolute Gasteiger partial charge is 0.337 e. The number of anilines is 1. The van der Waals surface area contributed by atoms with Gasteiger partial charge in [-0.25, -0.2) is 0 Å². The quantitative estimate of drug-likeness (QED) is 0.582. The van der Waals surface area contributed by atoms with E-state index >= 15 is 0 Å². The highest BCUT2D eigenvalue weighted by atomic mass is 79.9. The van der Waals surface area contributed by atoms with Gasteiger partial charge in [-0.3, -0.25) is 9.59 Å². The minimum absolute atomic E-state index is 0.107. The van der Waals surface area contributed by atoms with Crippen molar-refractivity contribution in [1.82, 2.24) is 15.0 Å². The van der Waals surface area contributed by atoms with Crippen LogP contribution in [-0.2, 0) is 16.1 Å². The Hall–Kier alpha value is -3.00. The van der Waals surface area contributed by atoms with E-state index in [2.05, 4.69) is 26.1 Å². The second kappa shape index (κ2) is 7.55. The lowest BCUT2D eigenvalue weighted by atomic mass is 10.1. The number of aromatic nitrogens is 2. The molecule has 1 aliphatic rings. The van der Waals surface area contributed by atoms with E-state index in [0.29, 0.717) is 24.8 Å². The monoisotopic (exact) mass is 440 g/mol. The molecule has 142 valence electrons. The third-order valence-electron chi connectivity index (χ3n) is 4.61. The average molecular weight is 441 g/mol. The number of benzene rings is 2. The summed E-state index contributed by atoms with van der Waals surface area (Å²) in [6.07, 6.45) is 0. The second-order valence-corrected chi connectivity index (χ2v) is 7.40. The van der Waals surface area contributed by atoms with Gasteiger partial charge in [0.25, 0.3) is 0 Å². The zero-order valence-corrected chi connectivity index (χ0v) is 16.7. The molecule has 0 spiro atoms. The first-order chi connectivity index (χ1) is 13.5. The number of hydrogen-bond donors (Lipinski definition) is 0. The van der Waals surface area contributed by atoms with Crippen molar-refractivity contribution in [1.29, 1.82) is 0 Å². The Morgan fingerprint density at radius 3 is 2.54 bits per heavy atom. The molecule has 28 heavy (non-hydrogen) atoms. The maximum atomic E-state index is 12.6. The van der Waals surface area contributed by atoms with Crippen LogP contribution in [-0.4, -0.2) is 39.9 Å². The summed E-state index contributed by atoms with van der Waals surface area (Å²) >= 11 is 3.38. The number of para-hydroxylation sites is 1. The highest BCUT2D eigenvalue weighted by molar-refractivity contribution is 9.10. The van der Waals surface area contributed by atoms with Gasteiger partial charge in [-0.15, -0.1) is 0 Å². The van der Waals surface area contributed by atoms with E-state index in [4.69, 9.17) is 4.52 Å². The van der Waals surface area contributed by atoms with Crippen molar-refractivity contribution in [2.75, 3.05) is 18.0 Å². The Morgan fingerprint density at radius 1 is 1.04 bits per heavy atom. The lowest BCUT2D eigenvalue weighted by molar-refractivity contribution is -0.146. The maximum Gasteiger partial charge on any atom is 0.316 e. The molecule has 0 atom stereocenters. The predicted octanol–water partition coefficient (Wildman–Crippen LogP) is 3.18. The number of piperazine rings is 1. The molecule has 2 aromatic carbocycles. The molecule has 0 N–H and O–H groups in total. The van der Waals surface area contributed by atoms with E-state index in [9.17, 15) is 9.59 Å². The molecule has 0 bridgehead atoms. The molecular formula is C20H17BrN4O3. The van der Waals surface area contributed by atoms with E-state index in [1.54, 1.807) is 0 Å². The Labute approximate surface area is 170 Å². The average Bonchev–Trinajstić information content (AvgIpc) is 3.16. The lowest BCUT2D eigenvalue weighted by Gasteiger charge is -2.33. The molecule has 8 heteroatoms. The summed E-state index contributed by atoms with van der Waals surface area (Å²) in [4.78, 5) is 32.5. The van der Waals surface area contributed by atoms with Crippen molar-refractivity contribution in [3.05, 3.63) is 64.5 Å². The fourth-order valence-electron chi connectivity index (χ4n) is 3.12. The topological polar surface area (TPSA) is 79.5 Å². The molecule has 0 aliphatic carbocycles. The van der Waals surface area contributed by atoms with Crippen LogP contribution < -0.4 is 4.90 Å². The van der Waals surface area contributed by atoms with Gasteiger partial charge in [0.1, 0.15) is 6.54 Å². The van der Waals surface area contributed by atoms with Gasteiger partial charge >= 0.3 is 11.8 Å². The van der Waals surface area contributed by atoms with Crippen molar-refractivity contribution in [3.8, 4) is 11.4 Å². The number of carbonyl (C=O) groups is 2. The normalized spacial score (nSPS) is 14.6. The lowest BCUT2D eigenvalue weighted by Crippen LogP contribution is -2.54. The summed E-state index contributed by atoms with van der Waals surface area (Å²) in [5, 5.41) is 3.97. The van der Waals surface area contributed by atoms with E-state index in [0.717, 1.165) is 21.3 Å². The molecule has 4 rings (SSSR count). The van der Waals surface area contributed by atoms with Gasteiger partial charge in [0.2, 0.25) is 11.7 Å². The first kappa shape index (κ1) is 18.4. The highest BCUT2D eigenvalue weighted by Gasteiger charge is 2.34. The third kappa shape index (κ3) is 3.55. The first-order valence-corrected chi connectivity index (χ1v) is 9.57. The van der Waals surface area contributed by atoms with E-state index in [1.165, 1.54) is 9.80 Å². The van der Waals surface area contributed by atoms with Crippen molar-refractivity contribution in [2.45, 2.75) is 13.5 Å². The highest BCUT2D eigenvalue weighted by Crippen LogP contribution is 2.23. The van der Waals surface area contributed by atoms with Gasteiger partial charge < -0.3 is 14.3 Å². The summed E-state index contributed by atoms with van der Waals surface area (Å²) in [6.45, 7) is 2.84. The van der Waals surface area contributed by atoms with Crippen LogP contribution in [0.3, 0.4) is 0 Å². The van der Waals surface area contributed by atoms with Gasteiger partial charge in [0.05, 0.1) is 0 Å². The summed E-state index contributed by atoms with van der Waals surface area (Å²) in [5.41, 5.74) is 2.52. The predicted molar refractivity (Wildman–Crippen MR) is 106 cm³/mol. The van der Waals surface area contributed by atoms with Gasteiger partial charge in [-0.2, -0.15) is 4.98 Å². The zero-order chi connectivity index (χ0) is 19.7. The number of hydrogen-bond acceptors (Lipinski definition) is 5. The van der Waals surface area contributed by atoms with Crippen molar-refractivity contribution < 1.29 is 14.1 Å². The molecule has 2 heterocycles. The van der Waals surface area contributed by atoms with Crippen molar-refractivity contribution in [3.63, 3.8) is 0 Å². The van der Waals surface area contributed by atoms with Gasteiger partial charge in [0.15, 0.2) is 0 Å². The molecule has 3 aromatic rings. The number of halogens is 1. The Kier molecular flexibility index (Phi) is 4.95. The van der Waals surface area contributed by atoms with Gasteiger partial charge in [-0.05, 0) is 42.8 Å². The SMILES string of the molecule is Cc1ccccc1N1CCN(Cc2nc(-c3ccc(Br)cc3)no2)C(=O)C1=O. The molecule has 0 saturated carbocycles. The van der Waals surface area contributed by atoms with E-state index in [1.807, 2.05) is 55.5 Å². The van der Waals surface area contributed by atoms with Crippen LogP contribution in [0, 0.1) is 6.92 Å². The molecule has 0 radical (unpaired) electrons. The molecule has 1 fully saturated rings. The van der Waals surface area contributed by atoms with Gasteiger partial charge in [-0.1, -0.05) is 39.3 Å². The maximum absolute atomic E-state index is 12.6. The Balaban J connectivity index is 1.47. The second-order valence-electron chi connectivity index (χ2n) is 6.49. The van der Waals surface area contributed by atoms with Crippen LogP contribution in [0.4, 0.5) is 5.69 Å². The Bertz CT molecular complexity index is 1030. The zero-order valence-electron chi connectivity index (χ0n) is 15.1. The van der Waals surface area contributed by atoms with Crippen molar-refractivity contribution >= 4 is 33.4 Å². The summed E-state index contributed by atoms with van der Waals surface area (Å²) < 4.78 is 6.23. The molecule has 7 nitrogen and oxygen atoms in total. The number of amides is 2. The molecule has 1 saturated heterocycles. The fraction of sp³-hybridized carbons (Fsp3) is 0.200. The van der Waals surface area contributed by atoms with Crippen LogP contribution in [0.25, 0.3) is 11.4 Å². The standard InChI is InChI=1S/C20H17BrN4O3/c1-13-4-2-3-5-16(13)25-11-10-24(19(26)20(25)27)12-17-22-18(23-28-17)14-6-8-15(21)9-7-14/h2-9H,10-12H2,1H3. The molecule has 2 amide bonds. The van der Waals surface area contributed by atoms with Crippen LogP contribution in [0.1, 0.15) is 11.5 Å². The smallest absolute Gasteiger partial charge is 0.316 e. The number of nitrogens with zero attached hydrogens (tertiary/aromatic N) is 4. The van der Waals surface area contributed by atoms with Crippen LogP contribution in [0.5, 0.6) is 0 Å². The summed E-state index contributed by atoms with van der Waals surface area (Å²) in [6, 6.07) is 15.0. The van der Waals surface area contributed by atoms with Crippen LogP contribution in [0.2, 0.25) is 0 Å². The fourth-order valence-corrected chi connectivity index (χ4v) is 3.38. The Morgan fingerprint density at radius 2 is 1.79 bits per heavy atom. The minimum Gasteiger partial charge on any atom is -0.337 e. The molecule has 1 aliphatic heterocycles. The number of carbonyl (C=O) groups excluding carboxylic acids is 2. The summed E-state index contributed by atoms with van der Waals surface area (Å²) in [5.74, 6) is -0.380. The molecule has 0 unspecified atom stereocenters. The number of aryl methyl sites for hydroxylation is 1. The third-order valence-corrected chi connectivity index (χ3v) is 5.14. The van der Waals surface area contributed by atoms with Crippen molar-refractivity contribution in [2.24, 2.45) is 0 Å². The summed E-state index contributed by atoms with van der Waals surface area (Å²) in [7, 11) is 0. The van der Waals surface area contributed by atoms with E-state index < -0.39 is 11.8 Å².